The van der Waals surface area contributed by atoms with Crippen molar-refractivity contribution in [3.63, 3.8) is 0 Å². The lowest BCUT2D eigenvalue weighted by Gasteiger charge is -2.22. The molecule has 3 aromatic rings. The van der Waals surface area contributed by atoms with Crippen molar-refractivity contribution in [2.45, 2.75) is 38.6 Å². The Balaban J connectivity index is 1.69. The van der Waals surface area contributed by atoms with Gasteiger partial charge in [0.25, 0.3) is 5.91 Å². The van der Waals surface area contributed by atoms with Crippen LogP contribution in [0.25, 0.3) is 10.9 Å². The maximum atomic E-state index is 13.2. The number of nitrogens with two attached hydrogens (primary N) is 2. The lowest BCUT2D eigenvalue weighted by Crippen LogP contribution is -2.31. The van der Waals surface area contributed by atoms with E-state index in [1.807, 2.05) is 22.8 Å². The number of carbonyl (C=O) groups excluding carboxylic acids is 2. The monoisotopic (exact) mass is 465 g/mol. The van der Waals surface area contributed by atoms with Crippen LogP contribution in [-0.4, -0.2) is 28.8 Å². The number of primary amides is 1. The van der Waals surface area contributed by atoms with Gasteiger partial charge in [0, 0.05) is 29.6 Å². The Labute approximate surface area is 197 Å². The molecule has 1 fully saturated rings. The molecule has 0 bridgehead atoms. The van der Waals surface area contributed by atoms with E-state index in [0.717, 1.165) is 29.3 Å². The number of amides is 2. The van der Waals surface area contributed by atoms with E-state index < -0.39 is 5.91 Å². The predicted octanol–water partition coefficient (Wildman–Crippen LogP) is 4.04. The van der Waals surface area contributed by atoms with Gasteiger partial charge in [-0.3, -0.25) is 15.0 Å². The van der Waals surface area contributed by atoms with Crippen LogP contribution in [0.4, 0.5) is 0 Å². The summed E-state index contributed by atoms with van der Waals surface area (Å²) in [6.07, 6.45) is 6.01. The van der Waals surface area contributed by atoms with E-state index in [2.05, 4.69) is 5.32 Å². The van der Waals surface area contributed by atoms with Crippen LogP contribution in [0, 0.1) is 11.3 Å². The molecular weight excluding hydrogens is 438 g/mol. The van der Waals surface area contributed by atoms with E-state index in [9.17, 15) is 9.59 Å². The summed E-state index contributed by atoms with van der Waals surface area (Å²) < 4.78 is 1.90. The van der Waals surface area contributed by atoms with Crippen LogP contribution in [0.5, 0.6) is 0 Å². The number of benzene rings is 2. The molecule has 0 radical (unpaired) electrons. The molecule has 1 aliphatic rings. The summed E-state index contributed by atoms with van der Waals surface area (Å²) >= 11 is 6.25. The molecule has 1 aliphatic carbocycles. The van der Waals surface area contributed by atoms with Gasteiger partial charge in [-0.05, 0) is 48.6 Å². The number of amidine groups is 1. The van der Waals surface area contributed by atoms with Crippen LogP contribution in [0.1, 0.15) is 64.1 Å². The molecule has 1 aromatic heterocycles. The average Bonchev–Trinajstić information content (AvgIpc) is 3.15. The molecule has 0 atom stereocenters. The topological polar surface area (TPSA) is 127 Å². The molecule has 33 heavy (non-hydrogen) atoms. The van der Waals surface area contributed by atoms with Gasteiger partial charge in [0.05, 0.1) is 10.6 Å². The zero-order valence-electron chi connectivity index (χ0n) is 18.4. The third-order valence-corrected chi connectivity index (χ3v) is 6.68. The minimum Gasteiger partial charge on any atom is -0.384 e. The fourth-order valence-electron chi connectivity index (χ4n) is 4.54. The fraction of sp³-hybridized carbons (Fsp3) is 0.320. The maximum Gasteiger partial charge on any atom is 0.267 e. The Kier molecular flexibility index (Phi) is 6.70. The molecule has 6 N–H and O–H groups in total. The Morgan fingerprint density at radius 3 is 2.48 bits per heavy atom. The molecular formula is C25H28ClN5O2. The molecule has 1 heterocycles. The highest BCUT2D eigenvalue weighted by molar-refractivity contribution is 6.33. The quantitative estimate of drug-likeness (QED) is 0.310. The van der Waals surface area contributed by atoms with E-state index in [0.29, 0.717) is 30.3 Å². The van der Waals surface area contributed by atoms with E-state index in [1.54, 1.807) is 24.3 Å². The smallest absolute Gasteiger partial charge is 0.267 e. The second-order valence-corrected chi connectivity index (χ2v) is 9.10. The first-order valence-electron chi connectivity index (χ1n) is 11.2. The van der Waals surface area contributed by atoms with Gasteiger partial charge in [-0.2, -0.15) is 0 Å². The molecule has 0 aliphatic heterocycles. The number of hydrogen-bond donors (Lipinski definition) is 4. The number of aromatic nitrogens is 1. The number of nitrogens with zero attached hydrogens (tertiary/aromatic N) is 1. The molecule has 2 aromatic carbocycles. The third kappa shape index (κ3) is 5.03. The van der Waals surface area contributed by atoms with E-state index in [1.165, 1.54) is 19.3 Å². The zero-order chi connectivity index (χ0) is 23.5. The minimum absolute atomic E-state index is 0.0400. The van der Waals surface area contributed by atoms with Crippen molar-refractivity contribution in [3.8, 4) is 0 Å². The number of hydrogen-bond acceptors (Lipinski definition) is 3. The van der Waals surface area contributed by atoms with Gasteiger partial charge in [0.2, 0.25) is 5.91 Å². The van der Waals surface area contributed by atoms with Gasteiger partial charge in [0.1, 0.15) is 11.5 Å². The predicted molar refractivity (Wildman–Crippen MR) is 131 cm³/mol. The molecule has 7 nitrogen and oxygen atoms in total. The first-order chi connectivity index (χ1) is 15.8. The average molecular weight is 466 g/mol. The van der Waals surface area contributed by atoms with Crippen molar-refractivity contribution >= 4 is 40.2 Å². The van der Waals surface area contributed by atoms with Crippen LogP contribution in [-0.2, 0) is 6.54 Å². The molecule has 0 unspecified atom stereocenters. The summed E-state index contributed by atoms with van der Waals surface area (Å²) in [5, 5.41) is 12.1. The fourth-order valence-corrected chi connectivity index (χ4v) is 4.83. The van der Waals surface area contributed by atoms with Gasteiger partial charge >= 0.3 is 0 Å². The second kappa shape index (κ2) is 9.67. The van der Waals surface area contributed by atoms with E-state index >= 15 is 0 Å². The molecule has 1 saturated carbocycles. The molecule has 2 amide bonds. The van der Waals surface area contributed by atoms with Crippen molar-refractivity contribution in [1.82, 2.24) is 9.88 Å². The molecule has 172 valence electrons. The van der Waals surface area contributed by atoms with Crippen molar-refractivity contribution < 1.29 is 9.59 Å². The SMILES string of the molecule is N=C(N)c1ccc2cc(C(=O)NCC3CCCCC3)n(Cc3ccc(C(N)=O)c(Cl)c3)c2c1. The standard InChI is InChI=1S/C25H28ClN5O2/c26-20-10-16(6-9-19(20)24(29)32)14-31-21-12-18(23(27)28)8-7-17(21)11-22(31)25(33)30-13-15-4-2-1-3-5-15/h6-12,15H,1-5,13-14H2,(H3,27,28)(H2,29,32)(H,30,33). The maximum absolute atomic E-state index is 13.2. The Morgan fingerprint density at radius 1 is 1.06 bits per heavy atom. The summed E-state index contributed by atoms with van der Waals surface area (Å²) in [7, 11) is 0. The first kappa shape index (κ1) is 22.9. The van der Waals surface area contributed by atoms with Gasteiger partial charge in [0.15, 0.2) is 0 Å². The number of carbonyl (C=O) groups is 2. The van der Waals surface area contributed by atoms with Crippen LogP contribution in [0.15, 0.2) is 42.5 Å². The Hall–Kier alpha value is -3.32. The van der Waals surface area contributed by atoms with Crippen LogP contribution < -0.4 is 16.8 Å². The highest BCUT2D eigenvalue weighted by Crippen LogP contribution is 2.26. The van der Waals surface area contributed by atoms with Crippen molar-refractivity contribution in [2.24, 2.45) is 17.4 Å². The highest BCUT2D eigenvalue weighted by Gasteiger charge is 2.20. The number of fused-ring (bicyclic) bond motifs is 1. The van der Waals surface area contributed by atoms with E-state index in [4.69, 9.17) is 28.5 Å². The van der Waals surface area contributed by atoms with Crippen molar-refractivity contribution in [2.75, 3.05) is 6.54 Å². The summed E-state index contributed by atoms with van der Waals surface area (Å²) in [4.78, 5) is 24.7. The lowest BCUT2D eigenvalue weighted by atomic mass is 9.89. The van der Waals surface area contributed by atoms with Gasteiger partial charge < -0.3 is 21.4 Å². The van der Waals surface area contributed by atoms with Gasteiger partial charge in [-0.25, -0.2) is 0 Å². The second-order valence-electron chi connectivity index (χ2n) is 8.70. The highest BCUT2D eigenvalue weighted by atomic mass is 35.5. The number of nitrogens with one attached hydrogen (secondary N) is 2. The largest absolute Gasteiger partial charge is 0.384 e. The Morgan fingerprint density at radius 2 is 1.82 bits per heavy atom. The lowest BCUT2D eigenvalue weighted by molar-refractivity contribution is 0.0934. The van der Waals surface area contributed by atoms with Gasteiger partial charge in [-0.1, -0.05) is 49.1 Å². The van der Waals surface area contributed by atoms with Crippen LogP contribution >= 0.6 is 11.6 Å². The first-order valence-corrected chi connectivity index (χ1v) is 11.6. The van der Waals surface area contributed by atoms with Gasteiger partial charge in [-0.15, -0.1) is 0 Å². The molecule has 8 heteroatoms. The van der Waals surface area contributed by atoms with E-state index in [-0.39, 0.29) is 22.3 Å². The normalized spacial score (nSPS) is 14.3. The van der Waals surface area contributed by atoms with Crippen molar-refractivity contribution in [1.29, 1.82) is 5.41 Å². The van der Waals surface area contributed by atoms with Crippen LogP contribution in [0.3, 0.4) is 0 Å². The summed E-state index contributed by atoms with van der Waals surface area (Å²) in [5.41, 5.74) is 14.0. The molecule has 4 rings (SSSR count). The Bertz CT molecular complexity index is 1230. The summed E-state index contributed by atoms with van der Waals surface area (Å²) in [5.74, 6) is -0.250. The minimum atomic E-state index is -0.591. The summed E-state index contributed by atoms with van der Waals surface area (Å²) in [6.45, 7) is 1.02. The zero-order valence-corrected chi connectivity index (χ0v) is 19.1. The molecule has 0 saturated heterocycles. The third-order valence-electron chi connectivity index (χ3n) is 6.36. The molecule has 0 spiro atoms. The van der Waals surface area contributed by atoms with Crippen LogP contribution in [0.2, 0.25) is 5.02 Å². The number of nitrogen functional groups attached to an aromatic ring is 1. The number of rotatable bonds is 7. The number of halogens is 1. The van der Waals surface area contributed by atoms with Crippen molar-refractivity contribution in [3.05, 3.63) is 69.9 Å². The summed E-state index contributed by atoms with van der Waals surface area (Å²) in [6, 6.07) is 12.4.